The molecule has 0 bridgehead atoms. The number of aliphatic carboxylic acids is 1. The molecule has 0 saturated carbocycles. The molecular formula is C23H33N5O7. The van der Waals surface area contributed by atoms with Crippen molar-refractivity contribution in [3.05, 3.63) is 29.8 Å². The summed E-state index contributed by atoms with van der Waals surface area (Å²) in [4.78, 5) is 61.6. The first-order valence-corrected chi connectivity index (χ1v) is 11.4. The molecule has 4 amide bonds. The minimum absolute atomic E-state index is 0.00408. The number of nitrogens with one attached hydrogen (secondary N) is 4. The van der Waals surface area contributed by atoms with E-state index in [2.05, 4.69) is 21.3 Å². The highest BCUT2D eigenvalue weighted by molar-refractivity contribution is 5.96. The van der Waals surface area contributed by atoms with Crippen LogP contribution in [0.1, 0.15) is 38.7 Å². The standard InChI is InChI=1S/C23H33N5O7/c1-12(2)19(28-20(31)15-4-3-9-25-15)22(33)26-16(11-18(24)30)21(32)27-17(23(34)35)10-13-5-7-14(29)8-6-13/h5-8,12,15-17,19,25,29H,3-4,9-11H2,1-2H3,(H2,24,30)(H,26,33)(H,27,32)(H,28,31)(H,34,35). The van der Waals surface area contributed by atoms with Crippen LogP contribution >= 0.6 is 0 Å². The number of benzene rings is 1. The number of amides is 4. The van der Waals surface area contributed by atoms with Crippen LogP contribution in [-0.4, -0.2) is 70.5 Å². The highest BCUT2D eigenvalue weighted by Crippen LogP contribution is 2.12. The van der Waals surface area contributed by atoms with E-state index < -0.39 is 54.3 Å². The molecule has 35 heavy (non-hydrogen) atoms. The largest absolute Gasteiger partial charge is 0.508 e. The lowest BCUT2D eigenvalue weighted by Crippen LogP contribution is -2.59. The van der Waals surface area contributed by atoms with E-state index in [1.807, 2.05) is 0 Å². The first kappa shape index (κ1) is 27.6. The smallest absolute Gasteiger partial charge is 0.326 e. The fourth-order valence-corrected chi connectivity index (χ4v) is 3.71. The van der Waals surface area contributed by atoms with Gasteiger partial charge in [0.15, 0.2) is 0 Å². The highest BCUT2D eigenvalue weighted by atomic mass is 16.4. The Balaban J connectivity index is 2.10. The van der Waals surface area contributed by atoms with Gasteiger partial charge in [-0.2, -0.15) is 0 Å². The molecule has 0 radical (unpaired) electrons. The fraction of sp³-hybridized carbons (Fsp3) is 0.522. The molecule has 4 atom stereocenters. The molecule has 12 nitrogen and oxygen atoms in total. The van der Waals surface area contributed by atoms with Crippen LogP contribution in [0, 0.1) is 5.92 Å². The second kappa shape index (κ2) is 12.7. The van der Waals surface area contributed by atoms with Gasteiger partial charge in [-0.25, -0.2) is 4.79 Å². The Hall–Kier alpha value is -3.67. The van der Waals surface area contributed by atoms with E-state index in [0.717, 1.165) is 6.42 Å². The van der Waals surface area contributed by atoms with Crippen LogP contribution in [0.2, 0.25) is 0 Å². The minimum Gasteiger partial charge on any atom is -0.508 e. The third kappa shape index (κ3) is 8.56. The molecule has 1 aromatic carbocycles. The summed E-state index contributed by atoms with van der Waals surface area (Å²) < 4.78 is 0. The molecule has 1 aliphatic heterocycles. The van der Waals surface area contributed by atoms with Crippen LogP contribution in [0.25, 0.3) is 0 Å². The molecular weight excluding hydrogens is 458 g/mol. The number of carboxylic acids is 1. The molecule has 8 N–H and O–H groups in total. The summed E-state index contributed by atoms with van der Waals surface area (Å²) >= 11 is 0. The molecule has 1 fully saturated rings. The zero-order valence-electron chi connectivity index (χ0n) is 19.7. The Morgan fingerprint density at radius 1 is 1.03 bits per heavy atom. The predicted molar refractivity (Wildman–Crippen MR) is 125 cm³/mol. The van der Waals surface area contributed by atoms with Gasteiger partial charge in [-0.1, -0.05) is 26.0 Å². The number of carbonyl (C=O) groups excluding carboxylic acids is 4. The molecule has 0 aliphatic carbocycles. The number of carboxylic acid groups (broad SMARTS) is 1. The van der Waals surface area contributed by atoms with Crippen molar-refractivity contribution in [3.63, 3.8) is 0 Å². The van der Waals surface area contributed by atoms with Gasteiger partial charge in [0, 0.05) is 6.42 Å². The van der Waals surface area contributed by atoms with Gasteiger partial charge in [-0.3, -0.25) is 19.2 Å². The van der Waals surface area contributed by atoms with Crippen molar-refractivity contribution >= 4 is 29.6 Å². The van der Waals surface area contributed by atoms with Crippen molar-refractivity contribution in [1.82, 2.24) is 21.3 Å². The lowest BCUT2D eigenvalue weighted by molar-refractivity contribution is -0.142. The fourth-order valence-electron chi connectivity index (χ4n) is 3.71. The summed E-state index contributed by atoms with van der Waals surface area (Å²) in [5.41, 5.74) is 5.78. The van der Waals surface area contributed by atoms with Crippen LogP contribution in [0.3, 0.4) is 0 Å². The first-order valence-electron chi connectivity index (χ1n) is 11.4. The predicted octanol–water partition coefficient (Wildman–Crippen LogP) is -1.24. The van der Waals surface area contributed by atoms with Gasteiger partial charge < -0.3 is 37.2 Å². The molecule has 192 valence electrons. The first-order chi connectivity index (χ1) is 16.5. The number of rotatable bonds is 12. The summed E-state index contributed by atoms with van der Waals surface area (Å²) in [6.07, 6.45) is 0.818. The molecule has 1 aromatic rings. The van der Waals surface area contributed by atoms with Crippen molar-refractivity contribution in [2.24, 2.45) is 11.7 Å². The monoisotopic (exact) mass is 491 g/mol. The maximum Gasteiger partial charge on any atom is 0.326 e. The summed E-state index contributed by atoms with van der Waals surface area (Å²) in [6.45, 7) is 4.13. The zero-order valence-corrected chi connectivity index (χ0v) is 19.7. The van der Waals surface area contributed by atoms with Crippen LogP contribution in [0.15, 0.2) is 24.3 Å². The van der Waals surface area contributed by atoms with Gasteiger partial charge in [0.1, 0.15) is 23.9 Å². The average Bonchev–Trinajstić information content (AvgIpc) is 3.32. The molecule has 1 saturated heterocycles. The number of carbonyl (C=O) groups is 5. The van der Waals surface area contributed by atoms with E-state index in [-0.39, 0.29) is 24.0 Å². The Morgan fingerprint density at radius 2 is 1.66 bits per heavy atom. The van der Waals surface area contributed by atoms with Gasteiger partial charge in [0.25, 0.3) is 0 Å². The summed E-state index contributed by atoms with van der Waals surface area (Å²) in [7, 11) is 0. The summed E-state index contributed by atoms with van der Waals surface area (Å²) in [5.74, 6) is -4.48. The van der Waals surface area contributed by atoms with Gasteiger partial charge in [-0.05, 0) is 43.0 Å². The summed E-state index contributed by atoms with van der Waals surface area (Å²) in [5, 5.41) is 29.4. The SMILES string of the molecule is CC(C)C(NC(=O)C1CCCN1)C(=O)NC(CC(N)=O)C(=O)NC(Cc1ccc(O)cc1)C(=O)O. The Labute approximate surface area is 203 Å². The quantitative estimate of drug-likeness (QED) is 0.188. The number of primary amides is 1. The normalized spacial score (nSPS) is 17.7. The third-order valence-corrected chi connectivity index (χ3v) is 5.65. The molecule has 1 aliphatic rings. The molecule has 1 heterocycles. The van der Waals surface area contributed by atoms with Crippen LogP contribution in [0.4, 0.5) is 0 Å². The molecule has 4 unspecified atom stereocenters. The van der Waals surface area contributed by atoms with Crippen LogP contribution in [0.5, 0.6) is 5.75 Å². The van der Waals surface area contributed by atoms with Gasteiger partial charge in [-0.15, -0.1) is 0 Å². The molecule has 0 spiro atoms. The highest BCUT2D eigenvalue weighted by Gasteiger charge is 2.33. The van der Waals surface area contributed by atoms with E-state index in [1.165, 1.54) is 24.3 Å². The maximum absolute atomic E-state index is 13.0. The maximum atomic E-state index is 13.0. The Kier molecular flexibility index (Phi) is 10.0. The number of phenolic OH excluding ortho intramolecular Hbond substituents is 1. The molecule has 12 heteroatoms. The van der Waals surface area contributed by atoms with Crippen molar-refractivity contribution in [2.45, 2.75) is 63.7 Å². The van der Waals surface area contributed by atoms with E-state index >= 15 is 0 Å². The van der Waals surface area contributed by atoms with E-state index in [0.29, 0.717) is 18.5 Å². The number of hydrogen-bond donors (Lipinski definition) is 7. The zero-order chi connectivity index (χ0) is 26.1. The lowest BCUT2D eigenvalue weighted by atomic mass is 10.0. The van der Waals surface area contributed by atoms with E-state index in [9.17, 15) is 34.2 Å². The van der Waals surface area contributed by atoms with Crippen LogP contribution < -0.4 is 27.0 Å². The number of nitrogens with two attached hydrogens (primary N) is 1. The van der Waals surface area contributed by atoms with Gasteiger partial charge in [0.05, 0.1) is 12.5 Å². The average molecular weight is 492 g/mol. The molecule has 0 aromatic heterocycles. The number of aromatic hydroxyl groups is 1. The summed E-state index contributed by atoms with van der Waals surface area (Å²) in [6, 6.07) is 1.58. The van der Waals surface area contributed by atoms with E-state index in [4.69, 9.17) is 5.73 Å². The molecule has 2 rings (SSSR count). The topological polar surface area (TPSA) is 200 Å². The number of hydrogen-bond acceptors (Lipinski definition) is 7. The second-order valence-electron chi connectivity index (χ2n) is 8.88. The van der Waals surface area contributed by atoms with Gasteiger partial charge in [0.2, 0.25) is 23.6 Å². The Morgan fingerprint density at radius 3 is 2.17 bits per heavy atom. The van der Waals surface area contributed by atoms with Crippen molar-refractivity contribution < 1.29 is 34.2 Å². The Bertz CT molecular complexity index is 929. The van der Waals surface area contributed by atoms with E-state index in [1.54, 1.807) is 13.8 Å². The van der Waals surface area contributed by atoms with Crippen LogP contribution in [-0.2, 0) is 30.4 Å². The van der Waals surface area contributed by atoms with Crippen molar-refractivity contribution in [1.29, 1.82) is 0 Å². The van der Waals surface area contributed by atoms with Gasteiger partial charge >= 0.3 is 5.97 Å². The van der Waals surface area contributed by atoms with Crippen molar-refractivity contribution in [3.8, 4) is 5.75 Å². The third-order valence-electron chi connectivity index (χ3n) is 5.65. The van der Waals surface area contributed by atoms with Crippen molar-refractivity contribution in [2.75, 3.05) is 6.54 Å². The lowest BCUT2D eigenvalue weighted by Gasteiger charge is -2.26. The number of phenols is 1. The minimum atomic E-state index is -1.44. The second-order valence-corrected chi connectivity index (χ2v) is 8.88.